The first-order valence-electron chi connectivity index (χ1n) is 6.85. The SMILES string of the molecule is CC(c1ccccc1)C1Cc2cc(N)ccc2C1N. The minimum absolute atomic E-state index is 0.116. The van der Waals surface area contributed by atoms with Crippen molar-refractivity contribution in [3.63, 3.8) is 0 Å². The van der Waals surface area contributed by atoms with Gasteiger partial charge >= 0.3 is 0 Å². The van der Waals surface area contributed by atoms with Crippen molar-refractivity contribution in [1.29, 1.82) is 0 Å². The molecule has 0 amide bonds. The van der Waals surface area contributed by atoms with Crippen LogP contribution in [0.4, 0.5) is 5.69 Å². The highest BCUT2D eigenvalue weighted by Crippen LogP contribution is 2.42. The first-order chi connectivity index (χ1) is 9.16. The Kier molecular flexibility index (Phi) is 3.03. The molecular weight excluding hydrogens is 232 g/mol. The predicted molar refractivity (Wildman–Crippen MR) is 79.8 cm³/mol. The van der Waals surface area contributed by atoms with Crippen molar-refractivity contribution >= 4 is 5.69 Å². The van der Waals surface area contributed by atoms with E-state index in [0.29, 0.717) is 11.8 Å². The fourth-order valence-corrected chi connectivity index (χ4v) is 3.23. The zero-order chi connectivity index (χ0) is 13.4. The molecule has 2 aromatic rings. The molecule has 0 aromatic heterocycles. The van der Waals surface area contributed by atoms with Crippen molar-refractivity contribution in [2.45, 2.75) is 25.3 Å². The van der Waals surface area contributed by atoms with Gasteiger partial charge in [-0.3, -0.25) is 0 Å². The van der Waals surface area contributed by atoms with Gasteiger partial charge in [-0.05, 0) is 47.1 Å². The lowest BCUT2D eigenvalue weighted by molar-refractivity contribution is 0.399. The Morgan fingerprint density at radius 2 is 1.84 bits per heavy atom. The van der Waals surface area contributed by atoms with E-state index in [9.17, 15) is 0 Å². The van der Waals surface area contributed by atoms with Gasteiger partial charge in [0, 0.05) is 11.7 Å². The third-order valence-corrected chi connectivity index (χ3v) is 4.41. The third kappa shape index (κ3) is 2.13. The molecule has 0 heterocycles. The summed E-state index contributed by atoms with van der Waals surface area (Å²) in [6.45, 7) is 2.27. The molecule has 0 fully saturated rings. The van der Waals surface area contributed by atoms with Crippen LogP contribution in [0.3, 0.4) is 0 Å². The lowest BCUT2D eigenvalue weighted by Gasteiger charge is -2.24. The number of fused-ring (bicyclic) bond motifs is 1. The van der Waals surface area contributed by atoms with Crippen molar-refractivity contribution in [3.8, 4) is 0 Å². The summed E-state index contributed by atoms with van der Waals surface area (Å²) in [7, 11) is 0. The summed E-state index contributed by atoms with van der Waals surface area (Å²) in [6.07, 6.45) is 1.03. The molecule has 3 atom stereocenters. The minimum atomic E-state index is 0.116. The Labute approximate surface area is 114 Å². The first kappa shape index (κ1) is 12.2. The van der Waals surface area contributed by atoms with E-state index in [4.69, 9.17) is 11.5 Å². The highest BCUT2D eigenvalue weighted by Gasteiger charge is 2.33. The maximum absolute atomic E-state index is 6.44. The molecule has 3 unspecified atom stereocenters. The standard InChI is InChI=1S/C17H20N2/c1-11(12-5-3-2-4-6-12)16-10-13-9-14(18)7-8-15(13)17(16)19/h2-9,11,16-17H,10,18-19H2,1H3. The second kappa shape index (κ2) is 4.71. The van der Waals surface area contributed by atoms with Crippen molar-refractivity contribution in [3.05, 3.63) is 65.2 Å². The second-order valence-electron chi connectivity index (χ2n) is 5.55. The third-order valence-electron chi connectivity index (χ3n) is 4.41. The molecule has 98 valence electrons. The number of benzene rings is 2. The summed E-state index contributed by atoms with van der Waals surface area (Å²) in [5.74, 6) is 0.920. The van der Waals surface area contributed by atoms with Gasteiger partial charge in [0.2, 0.25) is 0 Å². The largest absolute Gasteiger partial charge is 0.399 e. The first-order valence-corrected chi connectivity index (χ1v) is 6.85. The normalized spacial score (nSPS) is 23.1. The van der Waals surface area contributed by atoms with Crippen LogP contribution in [0.25, 0.3) is 0 Å². The van der Waals surface area contributed by atoms with E-state index in [-0.39, 0.29) is 6.04 Å². The molecule has 4 N–H and O–H groups in total. The van der Waals surface area contributed by atoms with Crippen LogP contribution < -0.4 is 11.5 Å². The molecule has 2 aromatic carbocycles. The number of rotatable bonds is 2. The fourth-order valence-electron chi connectivity index (χ4n) is 3.23. The average molecular weight is 252 g/mol. The molecule has 0 aliphatic heterocycles. The Morgan fingerprint density at radius 1 is 1.11 bits per heavy atom. The predicted octanol–water partition coefficient (Wildman–Crippen LogP) is 3.24. The molecule has 2 nitrogen and oxygen atoms in total. The summed E-state index contributed by atoms with van der Waals surface area (Å²) in [5, 5.41) is 0. The topological polar surface area (TPSA) is 52.0 Å². The molecule has 0 saturated carbocycles. The number of nitrogen functional groups attached to an aromatic ring is 1. The number of nitrogens with two attached hydrogens (primary N) is 2. The molecule has 1 aliphatic rings. The van der Waals surface area contributed by atoms with Gasteiger partial charge in [-0.1, -0.05) is 43.3 Å². The molecule has 2 heteroatoms. The molecule has 0 saturated heterocycles. The summed E-state index contributed by atoms with van der Waals surface area (Å²) in [5.41, 5.74) is 17.1. The molecule has 0 bridgehead atoms. The van der Waals surface area contributed by atoms with Gasteiger partial charge in [0.25, 0.3) is 0 Å². The second-order valence-corrected chi connectivity index (χ2v) is 5.55. The maximum Gasteiger partial charge on any atom is 0.0335 e. The Morgan fingerprint density at radius 3 is 2.58 bits per heavy atom. The van der Waals surface area contributed by atoms with E-state index in [2.05, 4.69) is 49.4 Å². The van der Waals surface area contributed by atoms with Crippen LogP contribution in [0.2, 0.25) is 0 Å². The van der Waals surface area contributed by atoms with E-state index in [1.54, 1.807) is 0 Å². The summed E-state index contributed by atoms with van der Waals surface area (Å²) in [6, 6.07) is 16.9. The van der Waals surface area contributed by atoms with Gasteiger partial charge in [0.05, 0.1) is 0 Å². The number of anilines is 1. The van der Waals surface area contributed by atoms with E-state index in [0.717, 1.165) is 12.1 Å². The van der Waals surface area contributed by atoms with Crippen LogP contribution in [0.5, 0.6) is 0 Å². The van der Waals surface area contributed by atoms with Crippen LogP contribution in [-0.4, -0.2) is 0 Å². The molecular formula is C17H20N2. The Balaban J connectivity index is 1.89. The maximum atomic E-state index is 6.44. The minimum Gasteiger partial charge on any atom is -0.399 e. The van der Waals surface area contributed by atoms with E-state index in [1.807, 2.05) is 6.07 Å². The fraction of sp³-hybridized carbons (Fsp3) is 0.294. The van der Waals surface area contributed by atoms with Gasteiger partial charge in [-0.2, -0.15) is 0 Å². The zero-order valence-electron chi connectivity index (χ0n) is 11.2. The van der Waals surface area contributed by atoms with Crippen molar-refractivity contribution in [2.24, 2.45) is 11.7 Å². The molecule has 0 radical (unpaired) electrons. The highest BCUT2D eigenvalue weighted by molar-refractivity contribution is 5.48. The van der Waals surface area contributed by atoms with Gasteiger partial charge in [0.15, 0.2) is 0 Å². The summed E-state index contributed by atoms with van der Waals surface area (Å²) in [4.78, 5) is 0. The Hall–Kier alpha value is -1.80. The van der Waals surface area contributed by atoms with Gasteiger partial charge < -0.3 is 11.5 Å². The van der Waals surface area contributed by atoms with Crippen LogP contribution in [0.1, 0.15) is 35.6 Å². The lowest BCUT2D eigenvalue weighted by Crippen LogP contribution is -2.21. The zero-order valence-corrected chi connectivity index (χ0v) is 11.2. The van der Waals surface area contributed by atoms with Crippen molar-refractivity contribution in [2.75, 3.05) is 5.73 Å². The Bertz CT molecular complexity index is 577. The smallest absolute Gasteiger partial charge is 0.0335 e. The van der Waals surface area contributed by atoms with Gasteiger partial charge in [-0.15, -0.1) is 0 Å². The van der Waals surface area contributed by atoms with Crippen LogP contribution >= 0.6 is 0 Å². The summed E-state index contributed by atoms with van der Waals surface area (Å²) >= 11 is 0. The van der Waals surface area contributed by atoms with Gasteiger partial charge in [-0.25, -0.2) is 0 Å². The van der Waals surface area contributed by atoms with E-state index < -0.39 is 0 Å². The van der Waals surface area contributed by atoms with Crippen LogP contribution in [-0.2, 0) is 6.42 Å². The number of hydrogen-bond acceptors (Lipinski definition) is 2. The quantitative estimate of drug-likeness (QED) is 0.806. The van der Waals surface area contributed by atoms with E-state index in [1.165, 1.54) is 16.7 Å². The van der Waals surface area contributed by atoms with Crippen LogP contribution in [0, 0.1) is 5.92 Å². The van der Waals surface area contributed by atoms with Gasteiger partial charge in [0.1, 0.15) is 0 Å². The van der Waals surface area contributed by atoms with Crippen molar-refractivity contribution in [1.82, 2.24) is 0 Å². The molecule has 0 spiro atoms. The average Bonchev–Trinajstić information content (AvgIpc) is 2.75. The molecule has 3 rings (SSSR count). The monoisotopic (exact) mass is 252 g/mol. The molecule has 19 heavy (non-hydrogen) atoms. The lowest BCUT2D eigenvalue weighted by atomic mass is 9.83. The number of hydrogen-bond donors (Lipinski definition) is 2. The highest BCUT2D eigenvalue weighted by atomic mass is 14.7. The van der Waals surface area contributed by atoms with Crippen molar-refractivity contribution < 1.29 is 0 Å². The summed E-state index contributed by atoms with van der Waals surface area (Å²) < 4.78 is 0. The van der Waals surface area contributed by atoms with Crippen LogP contribution in [0.15, 0.2) is 48.5 Å². The van der Waals surface area contributed by atoms with E-state index >= 15 is 0 Å². The molecule has 1 aliphatic carbocycles.